The molecule has 0 aromatic carbocycles. The van der Waals surface area contributed by atoms with E-state index >= 15 is 0 Å². The summed E-state index contributed by atoms with van der Waals surface area (Å²) < 4.78 is 7.00. The first-order valence-corrected chi connectivity index (χ1v) is 8.77. The van der Waals surface area contributed by atoms with Crippen LogP contribution in [0, 0.1) is 12.8 Å². The summed E-state index contributed by atoms with van der Waals surface area (Å²) in [5, 5.41) is 4.50. The minimum atomic E-state index is -0.156. The summed E-state index contributed by atoms with van der Waals surface area (Å²) >= 11 is 0. The first kappa shape index (κ1) is 18.5. The van der Waals surface area contributed by atoms with Crippen LogP contribution in [0.3, 0.4) is 0 Å². The Labute approximate surface area is 144 Å². The summed E-state index contributed by atoms with van der Waals surface area (Å²) in [4.78, 5) is 26.5. The predicted octanol–water partition coefficient (Wildman–Crippen LogP) is 2.75. The first-order valence-electron chi connectivity index (χ1n) is 8.77. The van der Waals surface area contributed by atoms with Crippen molar-refractivity contribution in [3.8, 4) is 0 Å². The smallest absolute Gasteiger partial charge is 0.308 e. The molecule has 1 atom stereocenters. The molecule has 6 nitrogen and oxygen atoms in total. The molecule has 2 heterocycles. The average molecular weight is 335 g/mol. The van der Waals surface area contributed by atoms with Crippen LogP contribution in [0.4, 0.5) is 0 Å². The van der Waals surface area contributed by atoms with Crippen LogP contribution in [0.5, 0.6) is 0 Å². The summed E-state index contributed by atoms with van der Waals surface area (Å²) in [6.07, 6.45) is 2.25. The van der Waals surface area contributed by atoms with Crippen LogP contribution in [0.1, 0.15) is 63.1 Å². The quantitative estimate of drug-likeness (QED) is 0.797. The number of nitrogens with zero attached hydrogens (tertiary/aromatic N) is 3. The van der Waals surface area contributed by atoms with Crippen molar-refractivity contribution in [1.82, 2.24) is 14.7 Å². The van der Waals surface area contributed by atoms with Crippen LogP contribution >= 0.6 is 0 Å². The second-order valence-corrected chi connectivity index (χ2v) is 7.43. The maximum Gasteiger partial charge on any atom is 0.308 e. The number of aryl methyl sites for hydroxylation is 1. The van der Waals surface area contributed by atoms with E-state index in [4.69, 9.17) is 4.74 Å². The molecule has 1 aromatic heterocycles. The number of amides is 1. The number of hydrogen-bond acceptors (Lipinski definition) is 4. The van der Waals surface area contributed by atoms with E-state index < -0.39 is 0 Å². The van der Waals surface area contributed by atoms with Crippen molar-refractivity contribution < 1.29 is 14.3 Å². The maximum atomic E-state index is 12.8. The van der Waals surface area contributed by atoms with Crippen molar-refractivity contribution in [2.45, 2.75) is 59.4 Å². The van der Waals surface area contributed by atoms with Crippen LogP contribution < -0.4 is 0 Å². The second-order valence-electron chi connectivity index (χ2n) is 7.43. The normalized spacial score (nSPS) is 19.0. The molecule has 1 unspecified atom stereocenters. The molecule has 1 aromatic rings. The Kier molecular flexibility index (Phi) is 5.67. The van der Waals surface area contributed by atoms with Gasteiger partial charge in [0.15, 0.2) is 5.69 Å². The van der Waals surface area contributed by atoms with Gasteiger partial charge in [-0.05, 0) is 59.9 Å². The summed E-state index contributed by atoms with van der Waals surface area (Å²) in [6.45, 7) is 11.6. The SMILES string of the molecule is CCOC(=O)C1CCCN(C(=O)c2cc(C)n(C(C)(C)C)n2)CC1. The molecule has 0 N–H and O–H groups in total. The minimum absolute atomic E-state index is 0.0504. The fourth-order valence-corrected chi connectivity index (χ4v) is 3.22. The van der Waals surface area contributed by atoms with E-state index in [-0.39, 0.29) is 23.3 Å². The van der Waals surface area contributed by atoms with E-state index in [0.29, 0.717) is 31.8 Å². The molecule has 0 bridgehead atoms. The minimum Gasteiger partial charge on any atom is -0.466 e. The molecule has 1 amide bonds. The highest BCUT2D eigenvalue weighted by Crippen LogP contribution is 2.22. The lowest BCUT2D eigenvalue weighted by atomic mass is 10.0. The highest BCUT2D eigenvalue weighted by molar-refractivity contribution is 5.92. The molecule has 0 radical (unpaired) electrons. The first-order chi connectivity index (χ1) is 11.2. The van der Waals surface area contributed by atoms with Gasteiger partial charge in [0.25, 0.3) is 5.91 Å². The van der Waals surface area contributed by atoms with Crippen molar-refractivity contribution in [1.29, 1.82) is 0 Å². The number of carbonyl (C=O) groups excluding carboxylic acids is 2. The zero-order chi connectivity index (χ0) is 17.9. The summed E-state index contributed by atoms with van der Waals surface area (Å²) in [5.74, 6) is -0.290. The van der Waals surface area contributed by atoms with E-state index in [9.17, 15) is 9.59 Å². The van der Waals surface area contributed by atoms with Gasteiger partial charge < -0.3 is 9.64 Å². The lowest BCUT2D eigenvalue weighted by molar-refractivity contribution is -0.148. The highest BCUT2D eigenvalue weighted by atomic mass is 16.5. The third-order valence-electron chi connectivity index (χ3n) is 4.38. The Hall–Kier alpha value is -1.85. The number of esters is 1. The summed E-state index contributed by atoms with van der Waals surface area (Å²) in [5.41, 5.74) is 1.30. The van der Waals surface area contributed by atoms with Crippen LogP contribution in [-0.2, 0) is 15.1 Å². The molecule has 6 heteroatoms. The number of rotatable bonds is 3. The molecular weight excluding hydrogens is 306 g/mol. The molecule has 0 aliphatic carbocycles. The van der Waals surface area contributed by atoms with Crippen LogP contribution in [-0.4, -0.2) is 46.3 Å². The van der Waals surface area contributed by atoms with E-state index in [1.165, 1.54) is 0 Å². The molecule has 0 saturated carbocycles. The second kappa shape index (κ2) is 7.36. The van der Waals surface area contributed by atoms with Gasteiger partial charge in [0, 0.05) is 18.8 Å². The molecule has 24 heavy (non-hydrogen) atoms. The van der Waals surface area contributed by atoms with Crippen LogP contribution in [0.2, 0.25) is 0 Å². The van der Waals surface area contributed by atoms with Gasteiger partial charge in [-0.2, -0.15) is 5.10 Å². The standard InChI is InChI=1S/C18H29N3O3/c1-6-24-17(23)14-8-7-10-20(11-9-14)16(22)15-12-13(2)21(19-15)18(3,4)5/h12,14H,6-11H2,1-5H3. The molecule has 0 spiro atoms. The lowest BCUT2D eigenvalue weighted by Crippen LogP contribution is -2.33. The predicted molar refractivity (Wildman–Crippen MR) is 91.8 cm³/mol. The summed E-state index contributed by atoms with van der Waals surface area (Å²) in [6, 6.07) is 1.85. The van der Waals surface area contributed by atoms with E-state index in [2.05, 4.69) is 25.9 Å². The van der Waals surface area contributed by atoms with Crippen molar-refractivity contribution in [2.24, 2.45) is 5.92 Å². The van der Waals surface area contributed by atoms with Gasteiger partial charge in [-0.1, -0.05) is 0 Å². The van der Waals surface area contributed by atoms with Crippen LogP contribution in [0.15, 0.2) is 6.07 Å². The molecule has 134 valence electrons. The monoisotopic (exact) mass is 335 g/mol. The molecular formula is C18H29N3O3. The zero-order valence-electron chi connectivity index (χ0n) is 15.5. The van der Waals surface area contributed by atoms with Gasteiger partial charge in [0.1, 0.15) is 0 Å². The third kappa shape index (κ3) is 4.16. The fourth-order valence-electron chi connectivity index (χ4n) is 3.22. The lowest BCUT2D eigenvalue weighted by Gasteiger charge is -2.22. The molecule has 1 fully saturated rings. The van der Waals surface area contributed by atoms with Crippen molar-refractivity contribution in [2.75, 3.05) is 19.7 Å². The highest BCUT2D eigenvalue weighted by Gasteiger charge is 2.28. The number of carbonyl (C=O) groups is 2. The topological polar surface area (TPSA) is 64.4 Å². The van der Waals surface area contributed by atoms with E-state index in [1.807, 2.05) is 29.5 Å². The number of ether oxygens (including phenoxy) is 1. The maximum absolute atomic E-state index is 12.8. The van der Waals surface area contributed by atoms with Gasteiger partial charge in [0.2, 0.25) is 0 Å². The molecule has 1 aliphatic heterocycles. The van der Waals surface area contributed by atoms with Gasteiger partial charge in [-0.25, -0.2) is 0 Å². The van der Waals surface area contributed by atoms with Crippen molar-refractivity contribution >= 4 is 11.9 Å². The van der Waals surface area contributed by atoms with Gasteiger partial charge in [-0.3, -0.25) is 14.3 Å². The molecule has 1 saturated heterocycles. The van der Waals surface area contributed by atoms with Gasteiger partial charge >= 0.3 is 5.97 Å². The Morgan fingerprint density at radius 1 is 1.29 bits per heavy atom. The summed E-state index contributed by atoms with van der Waals surface area (Å²) in [7, 11) is 0. The zero-order valence-corrected chi connectivity index (χ0v) is 15.5. The number of likely N-dealkylation sites (tertiary alicyclic amines) is 1. The molecule has 2 rings (SSSR count). The van der Waals surface area contributed by atoms with E-state index in [1.54, 1.807) is 0 Å². The molecule has 1 aliphatic rings. The Morgan fingerprint density at radius 3 is 2.58 bits per heavy atom. The third-order valence-corrected chi connectivity index (χ3v) is 4.38. The van der Waals surface area contributed by atoms with Crippen molar-refractivity contribution in [3.05, 3.63) is 17.5 Å². The number of aromatic nitrogens is 2. The average Bonchev–Trinajstić information content (AvgIpc) is 2.75. The van der Waals surface area contributed by atoms with Gasteiger partial charge in [0.05, 0.1) is 18.1 Å². The largest absolute Gasteiger partial charge is 0.466 e. The number of hydrogen-bond donors (Lipinski definition) is 0. The van der Waals surface area contributed by atoms with E-state index in [0.717, 1.165) is 18.5 Å². The Morgan fingerprint density at radius 2 is 2.00 bits per heavy atom. The Bertz CT molecular complexity index is 601. The fraction of sp³-hybridized carbons (Fsp3) is 0.722. The Balaban J connectivity index is 2.07. The van der Waals surface area contributed by atoms with Crippen LogP contribution in [0.25, 0.3) is 0 Å². The van der Waals surface area contributed by atoms with Gasteiger partial charge in [-0.15, -0.1) is 0 Å². The van der Waals surface area contributed by atoms with Crippen molar-refractivity contribution in [3.63, 3.8) is 0 Å².